The lowest BCUT2D eigenvalue weighted by atomic mass is 10.2. The largest absolute Gasteiger partial charge is 0.548 e. The molecule has 2 aromatic rings. The normalized spacial score (nSPS) is 10.5. The van der Waals surface area contributed by atoms with E-state index in [0.717, 1.165) is 17.6 Å². The average molecular weight is 319 g/mol. The number of carbonyl (C=O) groups excluding carboxylic acids is 1. The lowest BCUT2D eigenvalue weighted by molar-refractivity contribution is -0.307. The van der Waals surface area contributed by atoms with Crippen LogP contribution in [0.1, 0.15) is 26.7 Å². The van der Waals surface area contributed by atoms with Gasteiger partial charge in [0.1, 0.15) is 6.54 Å². The molecule has 0 spiro atoms. The van der Waals surface area contributed by atoms with E-state index in [9.17, 15) is 9.90 Å². The molecular weight excluding hydrogens is 300 g/mol. The van der Waals surface area contributed by atoms with Crippen LogP contribution in [0.2, 0.25) is 0 Å². The molecule has 0 N–H and O–H groups in total. The first-order valence-electron chi connectivity index (χ1n) is 7.51. The van der Waals surface area contributed by atoms with Crippen molar-refractivity contribution in [3.05, 3.63) is 18.2 Å². The summed E-state index contributed by atoms with van der Waals surface area (Å²) in [6, 6.07) is 5.32. The van der Waals surface area contributed by atoms with E-state index < -0.39 is 12.5 Å². The molecule has 2 rings (SSSR count). The summed E-state index contributed by atoms with van der Waals surface area (Å²) in [6.07, 6.45) is 2.01. The summed E-state index contributed by atoms with van der Waals surface area (Å²) in [5.41, 5.74) is 0.667. The molecule has 0 saturated carbocycles. The van der Waals surface area contributed by atoms with Crippen molar-refractivity contribution in [1.29, 1.82) is 0 Å². The molecule has 1 aromatic heterocycles. The number of rotatable bonds is 9. The van der Waals surface area contributed by atoms with Crippen LogP contribution in [0.4, 0.5) is 0 Å². The lowest BCUT2D eigenvalue weighted by Gasteiger charge is -2.12. The van der Waals surface area contributed by atoms with Crippen molar-refractivity contribution < 1.29 is 19.4 Å². The monoisotopic (exact) mass is 319 g/mol. The van der Waals surface area contributed by atoms with Crippen LogP contribution in [-0.2, 0) is 11.3 Å². The van der Waals surface area contributed by atoms with Gasteiger partial charge in [0.15, 0.2) is 11.5 Å². The minimum Gasteiger partial charge on any atom is -0.548 e. The van der Waals surface area contributed by atoms with Crippen LogP contribution >= 0.6 is 0 Å². The number of tetrazole rings is 1. The third-order valence-corrected chi connectivity index (χ3v) is 2.98. The zero-order chi connectivity index (χ0) is 16.7. The Morgan fingerprint density at radius 1 is 1.26 bits per heavy atom. The van der Waals surface area contributed by atoms with Crippen LogP contribution in [0.3, 0.4) is 0 Å². The first-order valence-corrected chi connectivity index (χ1v) is 7.51. The van der Waals surface area contributed by atoms with Gasteiger partial charge in [-0.3, -0.25) is 0 Å². The van der Waals surface area contributed by atoms with Gasteiger partial charge >= 0.3 is 0 Å². The molecule has 0 unspecified atom stereocenters. The molecule has 0 saturated heterocycles. The van der Waals surface area contributed by atoms with E-state index >= 15 is 0 Å². The van der Waals surface area contributed by atoms with Gasteiger partial charge in [0.2, 0.25) is 5.82 Å². The molecule has 8 nitrogen and oxygen atoms in total. The Morgan fingerprint density at radius 3 is 2.78 bits per heavy atom. The second-order valence-corrected chi connectivity index (χ2v) is 4.81. The highest BCUT2D eigenvalue weighted by Gasteiger charge is 2.11. The SMILES string of the molecule is CCCCOc1ccc(-c2nnn(CC(=O)[O-])n2)cc1OCC. The Hall–Kier alpha value is -2.64. The minimum atomic E-state index is -1.27. The topological polar surface area (TPSA) is 102 Å². The smallest absolute Gasteiger partial charge is 0.205 e. The molecule has 0 fully saturated rings. The van der Waals surface area contributed by atoms with E-state index in [1.807, 2.05) is 6.92 Å². The summed E-state index contributed by atoms with van der Waals surface area (Å²) in [7, 11) is 0. The number of aliphatic carboxylic acids is 1. The number of hydrogen-bond acceptors (Lipinski definition) is 7. The Balaban J connectivity index is 2.20. The second kappa shape index (κ2) is 8.11. The number of carbonyl (C=O) groups is 1. The fourth-order valence-electron chi connectivity index (χ4n) is 1.90. The maximum absolute atomic E-state index is 10.5. The Kier molecular flexibility index (Phi) is 5.90. The number of carboxylic acids is 1. The number of ether oxygens (including phenoxy) is 2. The first kappa shape index (κ1) is 16.7. The number of aromatic nitrogens is 4. The summed E-state index contributed by atoms with van der Waals surface area (Å²) >= 11 is 0. The Labute approximate surface area is 134 Å². The van der Waals surface area contributed by atoms with Crippen LogP contribution < -0.4 is 14.6 Å². The third kappa shape index (κ3) is 4.67. The van der Waals surface area contributed by atoms with Gasteiger partial charge in [-0.1, -0.05) is 13.3 Å². The average Bonchev–Trinajstić information content (AvgIpc) is 2.97. The van der Waals surface area contributed by atoms with E-state index in [-0.39, 0.29) is 0 Å². The van der Waals surface area contributed by atoms with E-state index in [1.54, 1.807) is 18.2 Å². The molecule has 0 radical (unpaired) electrons. The van der Waals surface area contributed by atoms with Gasteiger partial charge in [0.25, 0.3) is 0 Å². The molecule has 0 aliphatic rings. The van der Waals surface area contributed by atoms with E-state index in [4.69, 9.17) is 9.47 Å². The van der Waals surface area contributed by atoms with Crippen LogP contribution in [-0.4, -0.2) is 39.4 Å². The van der Waals surface area contributed by atoms with Gasteiger partial charge in [0, 0.05) is 5.56 Å². The molecule has 1 heterocycles. The number of hydrogen-bond donors (Lipinski definition) is 0. The summed E-state index contributed by atoms with van der Waals surface area (Å²) in [5.74, 6) is 0.291. The molecule has 0 aliphatic heterocycles. The molecule has 23 heavy (non-hydrogen) atoms. The zero-order valence-electron chi connectivity index (χ0n) is 13.2. The standard InChI is InChI=1S/C15H20N4O4/c1-3-5-8-23-12-7-6-11(9-13(12)22-4-2)15-16-18-19(17-15)10-14(20)21/h6-7,9H,3-5,8,10H2,1-2H3,(H,20,21)/p-1. The zero-order valence-corrected chi connectivity index (χ0v) is 13.2. The van der Waals surface area contributed by atoms with Crippen molar-refractivity contribution >= 4 is 5.97 Å². The van der Waals surface area contributed by atoms with Crippen LogP contribution in [0.15, 0.2) is 18.2 Å². The third-order valence-electron chi connectivity index (χ3n) is 2.98. The van der Waals surface area contributed by atoms with Crippen molar-refractivity contribution in [2.75, 3.05) is 13.2 Å². The molecule has 0 bridgehead atoms. The minimum absolute atomic E-state index is 0.312. The highest BCUT2D eigenvalue weighted by Crippen LogP contribution is 2.31. The summed E-state index contributed by atoms with van der Waals surface area (Å²) < 4.78 is 11.3. The van der Waals surface area contributed by atoms with Gasteiger partial charge in [-0.15, -0.1) is 10.2 Å². The number of benzene rings is 1. The molecule has 0 atom stereocenters. The lowest BCUT2D eigenvalue weighted by Crippen LogP contribution is -2.28. The van der Waals surface area contributed by atoms with Crippen molar-refractivity contribution in [3.63, 3.8) is 0 Å². The summed E-state index contributed by atoms with van der Waals surface area (Å²) in [5, 5.41) is 22.1. The molecule has 8 heteroatoms. The summed E-state index contributed by atoms with van der Waals surface area (Å²) in [6.45, 7) is 4.66. The number of carboxylic acid groups (broad SMARTS) is 1. The van der Waals surface area contributed by atoms with Gasteiger partial charge in [0.05, 0.1) is 19.2 Å². The van der Waals surface area contributed by atoms with Crippen LogP contribution in [0.25, 0.3) is 11.4 Å². The van der Waals surface area contributed by atoms with Crippen molar-refractivity contribution in [1.82, 2.24) is 20.2 Å². The van der Waals surface area contributed by atoms with E-state index in [2.05, 4.69) is 22.3 Å². The maximum Gasteiger partial charge on any atom is 0.205 e. The number of nitrogens with zero attached hydrogens (tertiary/aromatic N) is 4. The van der Waals surface area contributed by atoms with Gasteiger partial charge in [-0.2, -0.15) is 4.80 Å². The van der Waals surface area contributed by atoms with Crippen molar-refractivity contribution in [2.24, 2.45) is 0 Å². The highest BCUT2D eigenvalue weighted by atomic mass is 16.5. The van der Waals surface area contributed by atoms with Crippen LogP contribution in [0, 0.1) is 0 Å². The predicted octanol–water partition coefficient (Wildman–Crippen LogP) is 0.668. The fourth-order valence-corrected chi connectivity index (χ4v) is 1.90. The van der Waals surface area contributed by atoms with Gasteiger partial charge < -0.3 is 19.4 Å². The first-order chi connectivity index (χ1) is 11.1. The quantitative estimate of drug-likeness (QED) is 0.626. The van der Waals surface area contributed by atoms with E-state index in [1.165, 1.54) is 0 Å². The predicted molar refractivity (Wildman–Crippen MR) is 79.8 cm³/mol. The maximum atomic E-state index is 10.5. The Morgan fingerprint density at radius 2 is 2.09 bits per heavy atom. The fraction of sp³-hybridized carbons (Fsp3) is 0.467. The van der Waals surface area contributed by atoms with Crippen molar-refractivity contribution in [3.8, 4) is 22.9 Å². The van der Waals surface area contributed by atoms with E-state index in [0.29, 0.717) is 36.1 Å². The number of unbranched alkanes of at least 4 members (excludes halogenated alkanes) is 1. The van der Waals surface area contributed by atoms with Crippen molar-refractivity contribution in [2.45, 2.75) is 33.2 Å². The van der Waals surface area contributed by atoms with Gasteiger partial charge in [-0.05, 0) is 36.8 Å². The van der Waals surface area contributed by atoms with Crippen LogP contribution in [0.5, 0.6) is 11.5 Å². The molecule has 124 valence electrons. The molecule has 1 aromatic carbocycles. The molecular formula is C15H19N4O4-. The Bertz CT molecular complexity index is 657. The molecule has 0 aliphatic carbocycles. The summed E-state index contributed by atoms with van der Waals surface area (Å²) in [4.78, 5) is 11.5. The highest BCUT2D eigenvalue weighted by molar-refractivity contribution is 5.64. The molecule has 0 amide bonds. The van der Waals surface area contributed by atoms with Gasteiger partial charge in [-0.25, -0.2) is 0 Å². The second-order valence-electron chi connectivity index (χ2n) is 4.81.